The van der Waals surface area contributed by atoms with Gasteiger partial charge in [0.2, 0.25) is 0 Å². The van der Waals surface area contributed by atoms with Crippen molar-refractivity contribution < 1.29 is 13.2 Å². The maximum atomic E-state index is 13.4. The van der Waals surface area contributed by atoms with E-state index in [4.69, 9.17) is 0 Å². The average molecular weight is 274 g/mol. The molecule has 1 aromatic carbocycles. The summed E-state index contributed by atoms with van der Waals surface area (Å²) in [6.45, 7) is 4.10. The topological polar surface area (TPSA) is 24.4 Å². The van der Waals surface area contributed by atoms with Crippen molar-refractivity contribution >= 4 is 22.6 Å². The number of rotatable bonds is 2. The third kappa shape index (κ3) is 2.63. The lowest BCUT2D eigenvalue weighted by Crippen LogP contribution is -2.12. The Bertz CT molecular complexity index is 488. The van der Waals surface area contributed by atoms with Crippen LogP contribution < -0.4 is 5.32 Å². The second kappa shape index (κ2) is 5.22. The molecule has 0 unspecified atom stereocenters. The number of hydrogen-bond donors (Lipinski definition) is 1. The van der Waals surface area contributed by atoms with Crippen LogP contribution in [0.3, 0.4) is 0 Å². The second-order valence-corrected chi connectivity index (χ2v) is 5.41. The first-order valence-corrected chi connectivity index (χ1v) is 6.58. The van der Waals surface area contributed by atoms with E-state index in [1.807, 2.05) is 0 Å². The van der Waals surface area contributed by atoms with Gasteiger partial charge in [0.05, 0.1) is 11.7 Å². The molecule has 1 atom stereocenters. The molecule has 0 spiro atoms. The quantitative estimate of drug-likeness (QED) is 0.833. The van der Waals surface area contributed by atoms with Gasteiger partial charge in [0.15, 0.2) is 22.6 Å². The number of halogens is 3. The first kappa shape index (κ1) is 13.3. The molecule has 1 heterocycles. The van der Waals surface area contributed by atoms with E-state index in [0.29, 0.717) is 11.1 Å². The highest BCUT2D eigenvalue weighted by molar-refractivity contribution is 8.14. The van der Waals surface area contributed by atoms with Gasteiger partial charge in [0.25, 0.3) is 0 Å². The largest absolute Gasteiger partial charge is 0.332 e. The van der Waals surface area contributed by atoms with Crippen molar-refractivity contribution in [2.75, 3.05) is 11.1 Å². The molecule has 0 radical (unpaired) electrons. The molecule has 2 nitrogen and oxygen atoms in total. The maximum absolute atomic E-state index is 13.4. The van der Waals surface area contributed by atoms with Crippen LogP contribution in [0.15, 0.2) is 17.1 Å². The highest BCUT2D eigenvalue weighted by atomic mass is 32.2. The Morgan fingerprint density at radius 1 is 1.28 bits per heavy atom. The van der Waals surface area contributed by atoms with Crippen LogP contribution in [0.25, 0.3) is 0 Å². The Balaban J connectivity index is 2.16. The highest BCUT2D eigenvalue weighted by Gasteiger charge is 2.22. The van der Waals surface area contributed by atoms with Gasteiger partial charge in [0.1, 0.15) is 0 Å². The molecule has 1 aliphatic rings. The van der Waals surface area contributed by atoms with Gasteiger partial charge in [-0.3, -0.25) is 4.99 Å². The third-order valence-electron chi connectivity index (χ3n) is 2.72. The zero-order chi connectivity index (χ0) is 13.3. The number of anilines is 1. The Labute approximate surface area is 108 Å². The number of aliphatic imine (C=N–C) groups is 1. The van der Waals surface area contributed by atoms with E-state index in [1.165, 1.54) is 17.8 Å². The number of nitrogens with one attached hydrogen (secondary N) is 1. The van der Waals surface area contributed by atoms with Crippen LogP contribution in [-0.4, -0.2) is 17.0 Å². The summed E-state index contributed by atoms with van der Waals surface area (Å²) in [5.41, 5.74) is -0.0930. The number of nitrogens with zero attached hydrogens (tertiary/aromatic N) is 1. The van der Waals surface area contributed by atoms with Crippen molar-refractivity contribution in [2.45, 2.75) is 19.9 Å². The van der Waals surface area contributed by atoms with E-state index >= 15 is 0 Å². The molecule has 0 bridgehead atoms. The number of amidine groups is 1. The Morgan fingerprint density at radius 2 is 2.00 bits per heavy atom. The van der Waals surface area contributed by atoms with Gasteiger partial charge >= 0.3 is 0 Å². The first-order valence-electron chi connectivity index (χ1n) is 5.60. The fourth-order valence-corrected chi connectivity index (χ4v) is 2.72. The molecule has 0 aliphatic carbocycles. The summed E-state index contributed by atoms with van der Waals surface area (Å²) >= 11 is 1.45. The van der Waals surface area contributed by atoms with Gasteiger partial charge in [-0.15, -0.1) is 0 Å². The van der Waals surface area contributed by atoms with E-state index in [9.17, 15) is 13.2 Å². The van der Waals surface area contributed by atoms with Crippen molar-refractivity contribution in [3.63, 3.8) is 0 Å². The SMILES string of the molecule is CC(C)[C@H]1CSC(Nc2ccc(F)c(F)c2F)=N1. The minimum atomic E-state index is -1.47. The summed E-state index contributed by atoms with van der Waals surface area (Å²) in [4.78, 5) is 4.36. The standard InChI is InChI=1S/C12H13F3N2S/c1-6(2)9-5-18-12(17-9)16-8-4-3-7(13)10(14)11(8)15/h3-4,6,9H,5H2,1-2H3,(H,16,17)/t9-/m1/s1. The van der Waals surface area contributed by atoms with Crippen LogP contribution >= 0.6 is 11.8 Å². The van der Waals surface area contributed by atoms with Crippen molar-refractivity contribution in [3.8, 4) is 0 Å². The van der Waals surface area contributed by atoms with Gasteiger partial charge in [-0.25, -0.2) is 13.2 Å². The zero-order valence-electron chi connectivity index (χ0n) is 10.0. The van der Waals surface area contributed by atoms with Crippen LogP contribution in [0.5, 0.6) is 0 Å². The Hall–Kier alpha value is -1.17. The van der Waals surface area contributed by atoms with Gasteiger partial charge in [-0.05, 0) is 18.1 Å². The smallest absolute Gasteiger partial charge is 0.196 e. The first-order chi connectivity index (χ1) is 8.49. The molecule has 98 valence electrons. The average Bonchev–Trinajstić information content (AvgIpc) is 2.79. The Morgan fingerprint density at radius 3 is 2.61 bits per heavy atom. The Kier molecular flexibility index (Phi) is 3.85. The lowest BCUT2D eigenvalue weighted by Gasteiger charge is -2.08. The highest BCUT2D eigenvalue weighted by Crippen LogP contribution is 2.26. The molecule has 1 aliphatic heterocycles. The molecule has 1 aromatic rings. The van der Waals surface area contributed by atoms with Crippen LogP contribution in [-0.2, 0) is 0 Å². The molecule has 0 aromatic heterocycles. The number of benzene rings is 1. The molecule has 0 saturated heterocycles. The number of thioether (sulfide) groups is 1. The van der Waals surface area contributed by atoms with Crippen molar-refractivity contribution in [1.82, 2.24) is 0 Å². The monoisotopic (exact) mass is 274 g/mol. The van der Waals surface area contributed by atoms with Crippen LogP contribution in [0, 0.1) is 23.4 Å². The van der Waals surface area contributed by atoms with Crippen molar-refractivity contribution in [1.29, 1.82) is 0 Å². The number of hydrogen-bond acceptors (Lipinski definition) is 3. The van der Waals surface area contributed by atoms with Gasteiger partial charge < -0.3 is 5.32 Å². The molecule has 2 rings (SSSR count). The summed E-state index contributed by atoms with van der Waals surface area (Å²) < 4.78 is 39.2. The van der Waals surface area contributed by atoms with Crippen LogP contribution in [0.2, 0.25) is 0 Å². The minimum Gasteiger partial charge on any atom is -0.332 e. The molecule has 6 heteroatoms. The van der Waals surface area contributed by atoms with E-state index < -0.39 is 17.5 Å². The maximum Gasteiger partial charge on any atom is 0.196 e. The van der Waals surface area contributed by atoms with E-state index in [2.05, 4.69) is 24.2 Å². The summed E-state index contributed by atoms with van der Waals surface area (Å²) in [6.07, 6.45) is 0. The van der Waals surface area contributed by atoms with Crippen LogP contribution in [0.1, 0.15) is 13.8 Å². The summed E-state index contributed by atoms with van der Waals surface area (Å²) in [5.74, 6) is -2.67. The van der Waals surface area contributed by atoms with Crippen molar-refractivity contribution in [3.05, 3.63) is 29.6 Å². The lowest BCUT2D eigenvalue weighted by molar-refractivity contribution is 0.449. The third-order valence-corrected chi connectivity index (χ3v) is 3.71. The summed E-state index contributed by atoms with van der Waals surface area (Å²) in [7, 11) is 0. The van der Waals surface area contributed by atoms with Crippen molar-refractivity contribution in [2.24, 2.45) is 10.9 Å². The fourth-order valence-electron chi connectivity index (χ4n) is 1.54. The predicted molar refractivity (Wildman–Crippen MR) is 68.5 cm³/mol. The van der Waals surface area contributed by atoms with Gasteiger partial charge in [-0.2, -0.15) is 0 Å². The second-order valence-electron chi connectivity index (χ2n) is 4.40. The molecular formula is C12H13F3N2S. The summed E-state index contributed by atoms with van der Waals surface area (Å²) in [5, 5.41) is 3.23. The van der Waals surface area contributed by atoms with Gasteiger partial charge in [0, 0.05) is 5.75 Å². The van der Waals surface area contributed by atoms with Gasteiger partial charge in [-0.1, -0.05) is 25.6 Å². The molecule has 18 heavy (non-hydrogen) atoms. The molecule has 0 amide bonds. The molecule has 1 N–H and O–H groups in total. The molecular weight excluding hydrogens is 261 g/mol. The predicted octanol–water partition coefficient (Wildman–Crippen LogP) is 3.64. The fraction of sp³-hybridized carbons (Fsp3) is 0.417. The minimum absolute atomic E-state index is 0.0930. The molecule has 0 fully saturated rings. The summed E-state index contributed by atoms with van der Waals surface area (Å²) in [6, 6.07) is 2.23. The van der Waals surface area contributed by atoms with E-state index in [-0.39, 0.29) is 11.7 Å². The zero-order valence-corrected chi connectivity index (χ0v) is 10.8. The van der Waals surface area contributed by atoms with Crippen LogP contribution in [0.4, 0.5) is 18.9 Å². The lowest BCUT2D eigenvalue weighted by atomic mass is 10.1. The molecule has 0 saturated carbocycles. The van der Waals surface area contributed by atoms with E-state index in [0.717, 1.165) is 11.8 Å². The van der Waals surface area contributed by atoms with E-state index in [1.54, 1.807) is 0 Å². The normalized spacial score (nSPS) is 19.2.